The molecule has 2 atom stereocenters. The maximum absolute atomic E-state index is 12.5. The number of carboxylic acids is 1. The second-order valence-electron chi connectivity index (χ2n) is 5.34. The van der Waals surface area contributed by atoms with E-state index in [2.05, 4.69) is 5.32 Å². The molecule has 0 saturated carbocycles. The lowest BCUT2D eigenvalue weighted by Crippen LogP contribution is -2.70. The molecule has 1 unspecified atom stereocenters. The number of hydrogen-bond acceptors (Lipinski definition) is 6. The quantitative estimate of drug-likeness (QED) is 0.741. The van der Waals surface area contributed by atoms with Gasteiger partial charge >= 0.3 is 5.97 Å². The summed E-state index contributed by atoms with van der Waals surface area (Å²) in [6, 6.07) is 3.97. The lowest BCUT2D eigenvalue weighted by molar-refractivity contribution is -0.148. The Morgan fingerprint density at radius 1 is 1.32 bits per heavy atom. The molecular weight excluding hydrogens is 348 g/mol. The van der Waals surface area contributed by atoms with Crippen molar-refractivity contribution in [1.29, 1.82) is 0 Å². The average molecular weight is 364 g/mol. The average Bonchev–Trinajstić information content (AvgIpc) is 2.64. The first-order valence-electron chi connectivity index (χ1n) is 7.39. The number of fused-ring (bicyclic) bond motifs is 1. The number of carbonyl (C=O) groups is 3. The molecule has 0 aliphatic carbocycles. The highest BCUT2D eigenvalue weighted by Crippen LogP contribution is 2.37. The number of rotatable bonds is 5. The minimum atomic E-state index is -1.15. The van der Waals surface area contributed by atoms with Crippen LogP contribution in [0.25, 0.3) is 0 Å². The summed E-state index contributed by atoms with van der Waals surface area (Å²) in [7, 11) is 2.94. The van der Waals surface area contributed by atoms with Crippen molar-refractivity contribution in [2.45, 2.75) is 11.4 Å². The van der Waals surface area contributed by atoms with Gasteiger partial charge in [0.15, 0.2) is 0 Å². The summed E-state index contributed by atoms with van der Waals surface area (Å²) in [4.78, 5) is 37.2. The summed E-state index contributed by atoms with van der Waals surface area (Å²) in [5.41, 5.74) is 0.227. The number of aliphatic carboxylic acids is 1. The molecule has 25 heavy (non-hydrogen) atoms. The van der Waals surface area contributed by atoms with Crippen molar-refractivity contribution in [1.82, 2.24) is 10.2 Å². The molecule has 9 heteroatoms. The van der Waals surface area contributed by atoms with Crippen molar-refractivity contribution in [3.63, 3.8) is 0 Å². The molecule has 2 aliphatic heterocycles. The number of nitrogens with zero attached hydrogens (tertiary/aromatic N) is 1. The number of amides is 2. The van der Waals surface area contributed by atoms with Gasteiger partial charge in [0.1, 0.15) is 28.6 Å². The second kappa shape index (κ2) is 6.67. The third-order valence-corrected chi connectivity index (χ3v) is 5.19. The van der Waals surface area contributed by atoms with Crippen molar-refractivity contribution in [3.8, 4) is 11.5 Å². The number of benzene rings is 1. The summed E-state index contributed by atoms with van der Waals surface area (Å²) in [6.45, 7) is 0. The first-order chi connectivity index (χ1) is 12.0. The Balaban J connectivity index is 1.76. The second-order valence-corrected chi connectivity index (χ2v) is 6.49. The molecule has 3 rings (SSSR count). The number of hydrogen-bond donors (Lipinski definition) is 2. The normalized spacial score (nSPS) is 21.6. The number of nitrogens with one attached hydrogen (secondary N) is 1. The fourth-order valence-corrected chi connectivity index (χ4v) is 3.94. The summed E-state index contributed by atoms with van der Waals surface area (Å²) in [5, 5.41) is 11.4. The Bertz CT molecular complexity index is 778. The van der Waals surface area contributed by atoms with Crippen LogP contribution in [0.1, 0.15) is 10.4 Å². The molecule has 0 aromatic heterocycles. The van der Waals surface area contributed by atoms with Crippen molar-refractivity contribution in [2.24, 2.45) is 0 Å². The molecule has 2 N–H and O–H groups in total. The number of carbonyl (C=O) groups excluding carboxylic acids is 2. The standard InChI is InChI=1S/C16H16N2O6S/c1-23-8-3-4-9(11(7-8)24-2)13(19)17-12-14(20)18-10(16(21)22)5-6-25-15(12)18/h3-5,7,12,15H,6H2,1-2H3,(H,17,19)(H,21,22)/t12?,15-/m0/s1. The van der Waals surface area contributed by atoms with E-state index in [0.29, 0.717) is 17.3 Å². The summed E-state index contributed by atoms with van der Waals surface area (Å²) < 4.78 is 10.3. The highest BCUT2D eigenvalue weighted by molar-refractivity contribution is 8.00. The molecule has 1 aromatic carbocycles. The van der Waals surface area contributed by atoms with E-state index < -0.39 is 29.2 Å². The molecule has 132 valence electrons. The van der Waals surface area contributed by atoms with Crippen LogP contribution in [0.4, 0.5) is 0 Å². The van der Waals surface area contributed by atoms with E-state index in [-0.39, 0.29) is 11.3 Å². The van der Waals surface area contributed by atoms with Gasteiger partial charge < -0.3 is 19.9 Å². The van der Waals surface area contributed by atoms with Crippen LogP contribution in [0.2, 0.25) is 0 Å². The SMILES string of the molecule is COc1ccc(C(=O)NC2C(=O)N3C(C(=O)O)=CCS[C@@H]23)c(OC)c1. The topological polar surface area (TPSA) is 105 Å². The van der Waals surface area contributed by atoms with Gasteiger partial charge in [-0.05, 0) is 18.2 Å². The Kier molecular flexibility index (Phi) is 4.58. The molecule has 2 aliphatic rings. The fraction of sp³-hybridized carbons (Fsp3) is 0.312. The molecular formula is C16H16N2O6S. The summed E-state index contributed by atoms with van der Waals surface area (Å²) in [5.74, 6) is -0.730. The fourth-order valence-electron chi connectivity index (χ4n) is 2.74. The van der Waals surface area contributed by atoms with Gasteiger partial charge in [-0.1, -0.05) is 0 Å². The van der Waals surface area contributed by atoms with Crippen LogP contribution in [-0.2, 0) is 9.59 Å². The van der Waals surface area contributed by atoms with Crippen molar-refractivity contribution < 1.29 is 29.0 Å². The van der Waals surface area contributed by atoms with Gasteiger partial charge in [0.2, 0.25) is 0 Å². The Morgan fingerprint density at radius 2 is 2.08 bits per heavy atom. The third kappa shape index (κ3) is 2.91. The summed E-state index contributed by atoms with van der Waals surface area (Å²) in [6.07, 6.45) is 1.49. The maximum Gasteiger partial charge on any atom is 0.352 e. The molecule has 0 spiro atoms. The van der Waals surface area contributed by atoms with Crippen LogP contribution in [-0.4, -0.2) is 59.2 Å². The van der Waals surface area contributed by atoms with Crippen LogP contribution in [0.3, 0.4) is 0 Å². The Hall–Kier alpha value is -2.68. The highest BCUT2D eigenvalue weighted by atomic mass is 32.2. The van der Waals surface area contributed by atoms with Gasteiger partial charge in [-0.15, -0.1) is 11.8 Å². The van der Waals surface area contributed by atoms with Crippen LogP contribution < -0.4 is 14.8 Å². The van der Waals surface area contributed by atoms with Gasteiger partial charge in [-0.2, -0.15) is 0 Å². The summed E-state index contributed by atoms with van der Waals surface area (Å²) >= 11 is 1.40. The van der Waals surface area contributed by atoms with Crippen LogP contribution in [0.5, 0.6) is 11.5 Å². The van der Waals surface area contributed by atoms with Crippen LogP contribution in [0, 0.1) is 0 Å². The molecule has 0 radical (unpaired) electrons. The molecule has 2 amide bonds. The molecule has 0 bridgehead atoms. The molecule has 1 saturated heterocycles. The van der Waals surface area contributed by atoms with E-state index in [1.54, 1.807) is 18.2 Å². The first kappa shape index (κ1) is 17.2. The van der Waals surface area contributed by atoms with Crippen LogP contribution >= 0.6 is 11.8 Å². The monoisotopic (exact) mass is 364 g/mol. The van der Waals surface area contributed by atoms with E-state index in [1.165, 1.54) is 37.0 Å². The first-order valence-corrected chi connectivity index (χ1v) is 8.43. The van der Waals surface area contributed by atoms with Gasteiger partial charge in [0, 0.05) is 11.8 Å². The van der Waals surface area contributed by atoms with Gasteiger partial charge in [0.05, 0.1) is 19.8 Å². The lowest BCUT2D eigenvalue weighted by Gasteiger charge is -2.48. The van der Waals surface area contributed by atoms with E-state index >= 15 is 0 Å². The highest BCUT2D eigenvalue weighted by Gasteiger charge is 2.52. The van der Waals surface area contributed by atoms with E-state index in [9.17, 15) is 14.4 Å². The van der Waals surface area contributed by atoms with Gasteiger partial charge in [0.25, 0.3) is 11.8 Å². The zero-order valence-corrected chi connectivity index (χ0v) is 14.3. The predicted molar refractivity (Wildman–Crippen MR) is 89.6 cm³/mol. The number of carboxylic acid groups (broad SMARTS) is 1. The minimum Gasteiger partial charge on any atom is -0.497 e. The van der Waals surface area contributed by atoms with Crippen molar-refractivity contribution in [3.05, 3.63) is 35.5 Å². The number of β-lactam (4-membered cyclic amide) rings is 1. The molecule has 8 nitrogen and oxygen atoms in total. The maximum atomic E-state index is 12.5. The number of ether oxygens (including phenoxy) is 2. The largest absolute Gasteiger partial charge is 0.497 e. The van der Waals surface area contributed by atoms with Gasteiger partial charge in [-0.3, -0.25) is 14.5 Å². The number of methoxy groups -OCH3 is 2. The Labute approximate surface area is 147 Å². The van der Waals surface area contributed by atoms with E-state index in [1.807, 2.05) is 0 Å². The zero-order chi connectivity index (χ0) is 18.1. The van der Waals surface area contributed by atoms with Crippen LogP contribution in [0.15, 0.2) is 30.0 Å². The molecule has 1 aromatic rings. The molecule has 2 heterocycles. The van der Waals surface area contributed by atoms with E-state index in [4.69, 9.17) is 14.6 Å². The van der Waals surface area contributed by atoms with E-state index in [0.717, 1.165) is 0 Å². The third-order valence-electron chi connectivity index (χ3n) is 4.01. The Morgan fingerprint density at radius 3 is 2.72 bits per heavy atom. The number of thioether (sulfide) groups is 1. The van der Waals surface area contributed by atoms with Gasteiger partial charge in [-0.25, -0.2) is 4.79 Å². The zero-order valence-electron chi connectivity index (χ0n) is 13.5. The smallest absolute Gasteiger partial charge is 0.352 e. The molecule has 1 fully saturated rings. The minimum absolute atomic E-state index is 0.0405. The predicted octanol–water partition coefficient (Wildman–Crippen LogP) is 0.686. The van der Waals surface area contributed by atoms with Crippen molar-refractivity contribution in [2.75, 3.05) is 20.0 Å². The van der Waals surface area contributed by atoms with Crippen molar-refractivity contribution >= 4 is 29.5 Å². The lowest BCUT2D eigenvalue weighted by atomic mass is 10.0.